The summed E-state index contributed by atoms with van der Waals surface area (Å²) in [6, 6.07) is 3.67. The number of hydrogen-bond acceptors (Lipinski definition) is 4. The van der Waals surface area contributed by atoms with Crippen molar-refractivity contribution in [2.24, 2.45) is 5.73 Å². The lowest BCUT2D eigenvalue weighted by Crippen LogP contribution is -2.17. The zero-order valence-electron chi connectivity index (χ0n) is 8.24. The van der Waals surface area contributed by atoms with Crippen LogP contribution in [0.15, 0.2) is 31.9 Å². The summed E-state index contributed by atoms with van der Waals surface area (Å²) < 4.78 is 11.3. The van der Waals surface area contributed by atoms with Crippen molar-refractivity contribution < 1.29 is 8.83 Å². The van der Waals surface area contributed by atoms with E-state index in [-0.39, 0.29) is 6.04 Å². The van der Waals surface area contributed by atoms with Gasteiger partial charge in [-0.2, -0.15) is 0 Å². The van der Waals surface area contributed by atoms with Crippen LogP contribution in [0.3, 0.4) is 0 Å². The number of rotatable bonds is 3. The van der Waals surface area contributed by atoms with Crippen LogP contribution < -0.4 is 5.73 Å². The maximum atomic E-state index is 5.66. The topological polar surface area (TPSA) is 65.2 Å². The molecule has 0 aliphatic carbocycles. The molecule has 1 unspecified atom stereocenters. The van der Waals surface area contributed by atoms with Crippen LogP contribution in [0, 0.1) is 0 Å². The molecular weight excluding hydrogens is 260 g/mol. The highest BCUT2D eigenvalue weighted by Crippen LogP contribution is 2.24. The molecule has 0 radical (unpaired) electrons. The molecular formula is C10H11BrN2O2. The number of furan rings is 1. The molecule has 0 aromatic carbocycles. The number of nitrogens with two attached hydrogens (primary N) is 1. The number of oxazole rings is 1. The van der Waals surface area contributed by atoms with E-state index >= 15 is 0 Å². The maximum Gasteiger partial charge on any atom is 0.263 e. The molecule has 2 aromatic heterocycles. The lowest BCUT2D eigenvalue weighted by Gasteiger charge is -1.97. The first-order chi connectivity index (χ1) is 7.15. The highest BCUT2D eigenvalue weighted by molar-refractivity contribution is 9.10. The van der Waals surface area contributed by atoms with Crippen molar-refractivity contribution in [1.29, 1.82) is 0 Å². The fourth-order valence-electron chi connectivity index (χ4n) is 1.27. The van der Waals surface area contributed by atoms with E-state index in [2.05, 4.69) is 20.9 Å². The Balaban J connectivity index is 2.20. The van der Waals surface area contributed by atoms with E-state index in [4.69, 9.17) is 14.6 Å². The van der Waals surface area contributed by atoms with Crippen LogP contribution in [-0.2, 0) is 6.42 Å². The zero-order valence-corrected chi connectivity index (χ0v) is 9.82. The smallest absolute Gasteiger partial charge is 0.263 e. The van der Waals surface area contributed by atoms with Crippen LogP contribution in [0.2, 0.25) is 0 Å². The van der Waals surface area contributed by atoms with Crippen molar-refractivity contribution >= 4 is 15.9 Å². The molecule has 0 saturated heterocycles. The molecule has 4 nitrogen and oxygen atoms in total. The molecule has 2 rings (SSSR count). The van der Waals surface area contributed by atoms with Gasteiger partial charge in [-0.3, -0.25) is 0 Å². The summed E-state index contributed by atoms with van der Waals surface area (Å²) in [7, 11) is 0. The number of halogens is 1. The normalized spacial score (nSPS) is 13.0. The van der Waals surface area contributed by atoms with E-state index in [9.17, 15) is 0 Å². The summed E-state index contributed by atoms with van der Waals surface area (Å²) in [5, 5.41) is 0. The van der Waals surface area contributed by atoms with Gasteiger partial charge >= 0.3 is 0 Å². The maximum absolute atomic E-state index is 5.66. The Kier molecular flexibility index (Phi) is 2.93. The zero-order chi connectivity index (χ0) is 10.8. The molecule has 0 spiro atoms. The van der Waals surface area contributed by atoms with Gasteiger partial charge in [-0.05, 0) is 35.0 Å². The minimum atomic E-state index is 0.0753. The molecule has 0 fully saturated rings. The summed E-state index contributed by atoms with van der Waals surface area (Å²) in [5.74, 6) is 1.09. The number of hydrogen-bond donors (Lipinski definition) is 1. The summed E-state index contributed by atoms with van der Waals surface area (Å²) in [5.41, 5.74) is 6.50. The van der Waals surface area contributed by atoms with E-state index in [1.165, 1.54) is 0 Å². The van der Waals surface area contributed by atoms with Crippen molar-refractivity contribution in [2.45, 2.75) is 19.4 Å². The Labute approximate surface area is 95.6 Å². The van der Waals surface area contributed by atoms with Crippen LogP contribution >= 0.6 is 15.9 Å². The third-order valence-corrected chi connectivity index (χ3v) is 2.29. The van der Waals surface area contributed by atoms with Crippen molar-refractivity contribution in [3.63, 3.8) is 0 Å². The van der Waals surface area contributed by atoms with Crippen LogP contribution in [0.25, 0.3) is 11.7 Å². The summed E-state index contributed by atoms with van der Waals surface area (Å²) in [4.78, 5) is 4.27. The van der Waals surface area contributed by atoms with Crippen LogP contribution in [0.1, 0.15) is 12.6 Å². The molecule has 1 atom stereocenters. The quantitative estimate of drug-likeness (QED) is 0.931. The van der Waals surface area contributed by atoms with Gasteiger partial charge in [-0.15, -0.1) is 0 Å². The van der Waals surface area contributed by atoms with Gasteiger partial charge in [0.25, 0.3) is 5.89 Å². The Hall–Kier alpha value is -1.07. The third-order valence-electron chi connectivity index (χ3n) is 1.87. The molecule has 5 heteroatoms. The SMILES string of the molecule is CC(N)Cc1coc(-c2ccc(Br)o2)n1. The first-order valence-corrected chi connectivity index (χ1v) is 5.40. The molecule has 0 aliphatic heterocycles. The van der Waals surface area contributed by atoms with Crippen LogP contribution in [0.4, 0.5) is 0 Å². The number of nitrogens with zero attached hydrogens (tertiary/aromatic N) is 1. The molecule has 15 heavy (non-hydrogen) atoms. The third kappa shape index (κ3) is 2.49. The van der Waals surface area contributed by atoms with E-state index in [0.717, 1.165) is 5.69 Å². The second kappa shape index (κ2) is 4.20. The first kappa shape index (κ1) is 10.4. The Bertz CT molecular complexity index is 448. The molecule has 0 amide bonds. The molecule has 80 valence electrons. The minimum absolute atomic E-state index is 0.0753. The summed E-state index contributed by atoms with van der Waals surface area (Å²) in [6.07, 6.45) is 2.31. The average molecular weight is 271 g/mol. The van der Waals surface area contributed by atoms with Gasteiger partial charge in [0.1, 0.15) is 6.26 Å². The molecule has 2 heterocycles. The van der Waals surface area contributed by atoms with Gasteiger partial charge in [-0.1, -0.05) is 0 Å². The molecule has 2 N–H and O–H groups in total. The monoisotopic (exact) mass is 270 g/mol. The Morgan fingerprint density at radius 2 is 2.33 bits per heavy atom. The summed E-state index contributed by atoms with van der Waals surface area (Å²) >= 11 is 3.22. The molecule has 0 aliphatic rings. The fourth-order valence-corrected chi connectivity index (χ4v) is 1.58. The van der Waals surface area contributed by atoms with E-state index in [1.54, 1.807) is 18.4 Å². The predicted octanol–water partition coefficient (Wildman–Crippen LogP) is 2.59. The van der Waals surface area contributed by atoms with Crippen molar-refractivity contribution in [2.75, 3.05) is 0 Å². The van der Waals surface area contributed by atoms with Crippen molar-refractivity contribution in [3.05, 3.63) is 28.8 Å². The highest BCUT2D eigenvalue weighted by atomic mass is 79.9. The Morgan fingerprint density at radius 1 is 1.53 bits per heavy atom. The largest absolute Gasteiger partial charge is 0.444 e. The highest BCUT2D eigenvalue weighted by Gasteiger charge is 2.11. The second-order valence-electron chi connectivity index (χ2n) is 3.43. The van der Waals surface area contributed by atoms with Gasteiger partial charge in [0.2, 0.25) is 0 Å². The van der Waals surface area contributed by atoms with Gasteiger partial charge in [0, 0.05) is 12.5 Å². The average Bonchev–Trinajstić information content (AvgIpc) is 2.72. The molecule has 2 aromatic rings. The van der Waals surface area contributed by atoms with Crippen LogP contribution in [0.5, 0.6) is 0 Å². The predicted molar refractivity (Wildman–Crippen MR) is 59.3 cm³/mol. The van der Waals surface area contributed by atoms with Crippen LogP contribution in [-0.4, -0.2) is 11.0 Å². The van der Waals surface area contributed by atoms with E-state index in [1.807, 2.05) is 6.92 Å². The lowest BCUT2D eigenvalue weighted by molar-refractivity contribution is 0.504. The molecule has 0 bridgehead atoms. The van der Waals surface area contributed by atoms with Crippen molar-refractivity contribution in [1.82, 2.24) is 4.98 Å². The Morgan fingerprint density at radius 3 is 2.93 bits per heavy atom. The minimum Gasteiger partial charge on any atom is -0.444 e. The van der Waals surface area contributed by atoms with Gasteiger partial charge in [0.05, 0.1) is 5.69 Å². The van der Waals surface area contributed by atoms with E-state index < -0.39 is 0 Å². The second-order valence-corrected chi connectivity index (χ2v) is 4.21. The van der Waals surface area contributed by atoms with Gasteiger partial charge in [0.15, 0.2) is 10.4 Å². The number of aromatic nitrogens is 1. The summed E-state index contributed by atoms with van der Waals surface area (Å²) in [6.45, 7) is 1.93. The fraction of sp³-hybridized carbons (Fsp3) is 0.300. The van der Waals surface area contributed by atoms with E-state index in [0.29, 0.717) is 22.7 Å². The van der Waals surface area contributed by atoms with Crippen molar-refractivity contribution in [3.8, 4) is 11.7 Å². The first-order valence-electron chi connectivity index (χ1n) is 4.61. The lowest BCUT2D eigenvalue weighted by atomic mass is 10.2. The standard InChI is InChI=1S/C10H11BrN2O2/c1-6(12)4-7-5-14-10(13-7)8-2-3-9(11)15-8/h2-3,5-6H,4,12H2,1H3. The molecule has 0 saturated carbocycles. The van der Waals surface area contributed by atoms with Gasteiger partial charge < -0.3 is 14.6 Å². The van der Waals surface area contributed by atoms with Gasteiger partial charge in [-0.25, -0.2) is 4.98 Å².